The van der Waals surface area contributed by atoms with Gasteiger partial charge in [-0.2, -0.15) is 0 Å². The normalized spacial score (nSPS) is 10.1. The highest BCUT2D eigenvalue weighted by atomic mass is 16.2. The van der Waals surface area contributed by atoms with E-state index in [1.165, 1.54) is 13.0 Å². The molecular weight excluding hydrogens is 260 g/mol. The number of benzene rings is 1. The molecule has 0 saturated heterocycles. The van der Waals surface area contributed by atoms with Crippen molar-refractivity contribution in [1.29, 1.82) is 0 Å². The minimum Gasteiger partial charge on any atom is -0.342 e. The molecule has 7 nitrogen and oxygen atoms in total. The number of rotatable bonds is 3. The number of carbonyl (C=O) groups is 1. The molecule has 0 unspecified atom stereocenters. The summed E-state index contributed by atoms with van der Waals surface area (Å²) in [6.45, 7) is 3.28. The molecule has 2 rings (SSSR count). The van der Waals surface area contributed by atoms with Crippen LogP contribution in [0.15, 0.2) is 33.9 Å². The van der Waals surface area contributed by atoms with Crippen LogP contribution in [0.1, 0.15) is 12.5 Å². The monoisotopic (exact) mass is 274 g/mol. The number of anilines is 3. The predicted molar refractivity (Wildman–Crippen MR) is 76.4 cm³/mol. The molecule has 0 fully saturated rings. The van der Waals surface area contributed by atoms with Crippen LogP contribution in [0.3, 0.4) is 0 Å². The SMILES string of the molecule is CC(=O)Nc1ccc(Nc2cc(=O)[nH]c(=O)[nH]2)cc1C. The number of amides is 1. The number of aryl methyl sites for hydroxylation is 1. The van der Waals surface area contributed by atoms with E-state index in [-0.39, 0.29) is 5.91 Å². The van der Waals surface area contributed by atoms with Crippen molar-refractivity contribution in [2.75, 3.05) is 10.6 Å². The third-order valence-corrected chi connectivity index (χ3v) is 2.58. The van der Waals surface area contributed by atoms with Crippen molar-refractivity contribution >= 4 is 23.1 Å². The Morgan fingerprint density at radius 1 is 1.15 bits per heavy atom. The summed E-state index contributed by atoms with van der Waals surface area (Å²) in [6, 6.07) is 6.52. The molecule has 0 atom stereocenters. The zero-order valence-electron chi connectivity index (χ0n) is 11.0. The average molecular weight is 274 g/mol. The van der Waals surface area contributed by atoms with Crippen molar-refractivity contribution in [1.82, 2.24) is 9.97 Å². The van der Waals surface area contributed by atoms with Crippen LogP contribution in [0.5, 0.6) is 0 Å². The van der Waals surface area contributed by atoms with Gasteiger partial charge >= 0.3 is 5.69 Å². The maximum Gasteiger partial charge on any atom is 0.327 e. The molecule has 0 radical (unpaired) electrons. The molecule has 1 aromatic carbocycles. The molecule has 104 valence electrons. The summed E-state index contributed by atoms with van der Waals surface area (Å²) in [5.74, 6) is 0.151. The molecule has 20 heavy (non-hydrogen) atoms. The first kappa shape index (κ1) is 13.6. The lowest BCUT2D eigenvalue weighted by molar-refractivity contribution is -0.114. The molecule has 0 aliphatic carbocycles. The Kier molecular flexibility index (Phi) is 3.69. The van der Waals surface area contributed by atoms with Crippen LogP contribution < -0.4 is 21.9 Å². The lowest BCUT2D eigenvalue weighted by Gasteiger charge is -2.10. The van der Waals surface area contributed by atoms with Gasteiger partial charge in [0.05, 0.1) is 0 Å². The van der Waals surface area contributed by atoms with Crippen molar-refractivity contribution in [3.05, 3.63) is 50.7 Å². The first-order valence-corrected chi connectivity index (χ1v) is 5.93. The Hall–Kier alpha value is -2.83. The summed E-state index contributed by atoms with van der Waals surface area (Å²) in [4.78, 5) is 37.9. The molecule has 2 aromatic rings. The number of hydrogen-bond acceptors (Lipinski definition) is 4. The van der Waals surface area contributed by atoms with E-state index in [1.54, 1.807) is 18.2 Å². The number of nitrogens with one attached hydrogen (secondary N) is 4. The van der Waals surface area contributed by atoms with Crippen molar-refractivity contribution in [3.8, 4) is 0 Å². The zero-order chi connectivity index (χ0) is 14.7. The molecule has 0 saturated carbocycles. The maximum atomic E-state index is 11.2. The fraction of sp³-hybridized carbons (Fsp3) is 0.154. The number of aromatic amines is 2. The average Bonchev–Trinajstić information content (AvgIpc) is 2.31. The summed E-state index contributed by atoms with van der Waals surface area (Å²) < 4.78 is 0. The molecule has 0 aliphatic heterocycles. The minimum absolute atomic E-state index is 0.146. The van der Waals surface area contributed by atoms with Gasteiger partial charge in [-0.3, -0.25) is 19.6 Å². The van der Waals surface area contributed by atoms with E-state index in [9.17, 15) is 14.4 Å². The van der Waals surface area contributed by atoms with Crippen LogP contribution in [-0.2, 0) is 4.79 Å². The van der Waals surface area contributed by atoms with Gasteiger partial charge in [0.25, 0.3) is 5.56 Å². The second kappa shape index (κ2) is 5.43. The van der Waals surface area contributed by atoms with E-state index in [2.05, 4.69) is 20.6 Å². The Morgan fingerprint density at radius 3 is 2.50 bits per heavy atom. The maximum absolute atomic E-state index is 11.2. The molecule has 0 spiro atoms. The van der Waals surface area contributed by atoms with Gasteiger partial charge in [0.1, 0.15) is 5.82 Å². The fourth-order valence-corrected chi connectivity index (χ4v) is 1.76. The van der Waals surface area contributed by atoms with E-state index in [4.69, 9.17) is 0 Å². The molecule has 4 N–H and O–H groups in total. The third-order valence-electron chi connectivity index (χ3n) is 2.58. The second-order valence-corrected chi connectivity index (χ2v) is 4.34. The van der Waals surface area contributed by atoms with E-state index >= 15 is 0 Å². The number of carbonyl (C=O) groups excluding carboxylic acids is 1. The molecule has 0 aliphatic rings. The molecule has 1 heterocycles. The largest absolute Gasteiger partial charge is 0.342 e. The topological polar surface area (TPSA) is 107 Å². The number of H-pyrrole nitrogens is 2. The Bertz CT molecular complexity index is 732. The molecule has 1 aromatic heterocycles. The van der Waals surface area contributed by atoms with E-state index in [1.807, 2.05) is 6.92 Å². The van der Waals surface area contributed by atoms with Gasteiger partial charge in [-0.25, -0.2) is 4.79 Å². The van der Waals surface area contributed by atoms with E-state index in [0.29, 0.717) is 17.2 Å². The molecule has 7 heteroatoms. The van der Waals surface area contributed by atoms with Crippen molar-refractivity contribution in [2.24, 2.45) is 0 Å². The van der Waals surface area contributed by atoms with Gasteiger partial charge in [-0.15, -0.1) is 0 Å². The lowest BCUT2D eigenvalue weighted by Crippen LogP contribution is -2.22. The summed E-state index contributed by atoms with van der Waals surface area (Å²) >= 11 is 0. The fourth-order valence-electron chi connectivity index (χ4n) is 1.76. The Balaban J connectivity index is 2.26. The van der Waals surface area contributed by atoms with Gasteiger partial charge < -0.3 is 10.6 Å². The van der Waals surface area contributed by atoms with Gasteiger partial charge in [-0.1, -0.05) is 0 Å². The third kappa shape index (κ3) is 3.35. The van der Waals surface area contributed by atoms with Crippen LogP contribution in [0.4, 0.5) is 17.2 Å². The highest BCUT2D eigenvalue weighted by Gasteiger charge is 2.03. The number of hydrogen-bond donors (Lipinski definition) is 4. The summed E-state index contributed by atoms with van der Waals surface area (Å²) in [5.41, 5.74) is 1.20. The molecule has 1 amide bonds. The van der Waals surface area contributed by atoms with Crippen LogP contribution in [0, 0.1) is 6.92 Å². The zero-order valence-corrected chi connectivity index (χ0v) is 11.0. The predicted octanol–water partition coefficient (Wildman–Crippen LogP) is 1.07. The lowest BCUT2D eigenvalue weighted by atomic mass is 10.1. The van der Waals surface area contributed by atoms with Gasteiger partial charge in [-0.05, 0) is 30.7 Å². The molecule has 0 bridgehead atoms. The highest BCUT2D eigenvalue weighted by Crippen LogP contribution is 2.21. The Morgan fingerprint density at radius 2 is 1.90 bits per heavy atom. The van der Waals surface area contributed by atoms with E-state index in [0.717, 1.165) is 5.56 Å². The van der Waals surface area contributed by atoms with E-state index < -0.39 is 11.2 Å². The number of aromatic nitrogens is 2. The minimum atomic E-state index is -0.577. The van der Waals surface area contributed by atoms with Gasteiger partial charge in [0.15, 0.2) is 0 Å². The quantitative estimate of drug-likeness (QED) is 0.671. The highest BCUT2D eigenvalue weighted by molar-refractivity contribution is 5.89. The summed E-state index contributed by atoms with van der Waals surface area (Å²) in [5, 5.41) is 5.62. The van der Waals surface area contributed by atoms with Gasteiger partial charge in [0, 0.05) is 24.4 Å². The first-order valence-electron chi connectivity index (χ1n) is 5.93. The standard InChI is InChI=1S/C13H14N4O3/c1-7-5-9(3-4-10(7)14-8(2)18)15-11-6-12(19)17-13(20)16-11/h3-6H,1-2H3,(H,14,18)(H3,15,16,17,19,20). The molecular formula is C13H14N4O3. The first-order chi connectivity index (χ1) is 9.44. The van der Waals surface area contributed by atoms with Crippen LogP contribution in [-0.4, -0.2) is 15.9 Å². The van der Waals surface area contributed by atoms with Crippen molar-refractivity contribution in [2.45, 2.75) is 13.8 Å². The Labute approximate surface area is 114 Å². The van der Waals surface area contributed by atoms with Crippen molar-refractivity contribution < 1.29 is 4.79 Å². The van der Waals surface area contributed by atoms with Crippen LogP contribution in [0.2, 0.25) is 0 Å². The van der Waals surface area contributed by atoms with Crippen molar-refractivity contribution in [3.63, 3.8) is 0 Å². The van der Waals surface area contributed by atoms with Gasteiger partial charge in [0.2, 0.25) is 5.91 Å². The second-order valence-electron chi connectivity index (χ2n) is 4.34. The summed E-state index contributed by atoms with van der Waals surface area (Å²) in [6.07, 6.45) is 0. The van der Waals surface area contributed by atoms with Crippen LogP contribution >= 0.6 is 0 Å². The smallest absolute Gasteiger partial charge is 0.327 e. The summed E-state index contributed by atoms with van der Waals surface area (Å²) in [7, 11) is 0. The van der Waals surface area contributed by atoms with Crippen LogP contribution in [0.25, 0.3) is 0 Å².